The molecule has 1 heterocycles. The first-order chi connectivity index (χ1) is 16.7. The molecular formula is C28H43NO5S. The molecule has 1 aromatic rings. The number of hydrogen-bond donors (Lipinski definition) is 2. The lowest BCUT2D eigenvalue weighted by Gasteiger charge is -2.43. The zero-order chi connectivity index (χ0) is 25.8. The molecule has 1 aromatic carbocycles. The summed E-state index contributed by atoms with van der Waals surface area (Å²) in [5.41, 5.74) is 4.08. The van der Waals surface area contributed by atoms with Crippen molar-refractivity contribution in [2.45, 2.75) is 108 Å². The molecule has 35 heavy (non-hydrogen) atoms. The van der Waals surface area contributed by atoms with Gasteiger partial charge in [-0.25, -0.2) is 0 Å². The number of thioether (sulfide) groups is 1. The highest BCUT2D eigenvalue weighted by Crippen LogP contribution is 2.45. The molecule has 0 saturated carbocycles. The highest BCUT2D eigenvalue weighted by Gasteiger charge is 2.56. The molecule has 1 aliphatic heterocycles. The van der Waals surface area contributed by atoms with Crippen LogP contribution < -0.4 is 5.73 Å². The molecule has 2 rings (SSSR count). The van der Waals surface area contributed by atoms with Gasteiger partial charge in [-0.2, -0.15) is 0 Å². The number of primary amides is 1. The summed E-state index contributed by atoms with van der Waals surface area (Å²) in [5, 5.41) is 9.81. The molecule has 1 saturated heterocycles. The topological polar surface area (TPSA) is 107 Å². The number of unbranched alkanes of at least 4 members (excludes halogenated alkanes) is 8. The number of carbonyl (C=O) groups is 3. The Kier molecular flexibility index (Phi) is 12.1. The number of cyclic esters (lactones) is 1. The van der Waals surface area contributed by atoms with Crippen molar-refractivity contribution in [1.29, 1.82) is 0 Å². The zero-order valence-electron chi connectivity index (χ0n) is 21.5. The molecule has 0 spiro atoms. The number of amides is 1. The SMILES string of the molecule is CCCCCCCCCCC[C@@H](C[C@H]1OC(=O)[C@@H]1Sc1ccccc1)[C@@](C(N)=O)(C(=O)O)C(C)C. The van der Waals surface area contributed by atoms with E-state index < -0.39 is 40.5 Å². The van der Waals surface area contributed by atoms with E-state index in [2.05, 4.69) is 6.92 Å². The first kappa shape index (κ1) is 29.2. The van der Waals surface area contributed by atoms with Crippen LogP contribution in [0.3, 0.4) is 0 Å². The molecule has 6 nitrogen and oxygen atoms in total. The van der Waals surface area contributed by atoms with E-state index in [1.54, 1.807) is 13.8 Å². The van der Waals surface area contributed by atoms with Crippen LogP contribution in [0.4, 0.5) is 0 Å². The monoisotopic (exact) mass is 505 g/mol. The lowest BCUT2D eigenvalue weighted by Crippen LogP contribution is -2.56. The van der Waals surface area contributed by atoms with Crippen LogP contribution in [0.5, 0.6) is 0 Å². The maximum atomic E-state index is 12.7. The van der Waals surface area contributed by atoms with Gasteiger partial charge < -0.3 is 15.6 Å². The van der Waals surface area contributed by atoms with Crippen LogP contribution in [0.1, 0.15) is 91.4 Å². The maximum absolute atomic E-state index is 12.7. The average Bonchev–Trinajstić information content (AvgIpc) is 2.81. The standard InChI is InChI=1S/C28H43NO5S/c1-4-5-6-7-8-9-10-11-13-16-21(28(20(2)3,26(29)31)27(32)33)19-23-24(25(30)34-23)35-22-17-14-12-15-18-22/h12,14-15,17-18,20-21,23-24H,4-11,13,16,19H2,1-3H3,(H2,29,31)(H,32,33)/t21-,23+,24+,28-/m0/s1. The molecule has 0 radical (unpaired) electrons. The quantitative estimate of drug-likeness (QED) is 0.139. The van der Waals surface area contributed by atoms with Crippen molar-refractivity contribution in [2.75, 3.05) is 0 Å². The largest absolute Gasteiger partial charge is 0.480 e. The first-order valence-electron chi connectivity index (χ1n) is 13.2. The Morgan fingerprint density at radius 1 is 1.03 bits per heavy atom. The minimum Gasteiger partial charge on any atom is -0.480 e. The first-order valence-corrected chi connectivity index (χ1v) is 14.1. The Hall–Kier alpha value is -2.02. The summed E-state index contributed by atoms with van der Waals surface area (Å²) < 4.78 is 5.48. The van der Waals surface area contributed by atoms with E-state index in [9.17, 15) is 19.5 Å². The minimum absolute atomic E-state index is 0.296. The Balaban J connectivity index is 2.06. The minimum atomic E-state index is -1.69. The number of hydrogen-bond acceptors (Lipinski definition) is 5. The predicted molar refractivity (Wildman–Crippen MR) is 140 cm³/mol. The number of carboxylic acids is 1. The molecule has 0 aliphatic carbocycles. The van der Waals surface area contributed by atoms with Crippen molar-refractivity contribution in [3.63, 3.8) is 0 Å². The molecule has 1 fully saturated rings. The summed E-state index contributed by atoms with van der Waals surface area (Å²) >= 11 is 1.43. The number of ether oxygens (including phenoxy) is 1. The average molecular weight is 506 g/mol. The second kappa shape index (κ2) is 14.5. The fourth-order valence-corrected chi connectivity index (χ4v) is 6.37. The molecule has 0 bridgehead atoms. The molecule has 0 aromatic heterocycles. The van der Waals surface area contributed by atoms with Crippen molar-refractivity contribution in [3.05, 3.63) is 30.3 Å². The number of aliphatic carboxylic acids is 1. The number of esters is 1. The smallest absolute Gasteiger partial charge is 0.323 e. The third-order valence-corrected chi connectivity index (χ3v) is 8.63. The van der Waals surface area contributed by atoms with Gasteiger partial charge in [0.15, 0.2) is 5.41 Å². The number of carboxylic acid groups (broad SMARTS) is 1. The second-order valence-corrected chi connectivity index (χ2v) is 11.3. The van der Waals surface area contributed by atoms with Gasteiger partial charge in [-0.1, -0.05) is 96.8 Å². The summed E-state index contributed by atoms with van der Waals surface area (Å²) in [6.45, 7) is 5.69. The predicted octanol–water partition coefficient (Wildman–Crippen LogP) is 6.21. The maximum Gasteiger partial charge on any atom is 0.323 e. The second-order valence-electron chi connectivity index (χ2n) is 10.1. The molecule has 1 amide bonds. The third kappa shape index (κ3) is 7.73. The molecule has 0 unspecified atom stereocenters. The number of carbonyl (C=O) groups excluding carboxylic acids is 2. The highest BCUT2D eigenvalue weighted by atomic mass is 32.2. The van der Waals surface area contributed by atoms with Gasteiger partial charge in [0.1, 0.15) is 11.4 Å². The molecule has 1 aliphatic rings. The summed E-state index contributed by atoms with van der Waals surface area (Å²) in [7, 11) is 0. The molecule has 196 valence electrons. The van der Waals surface area contributed by atoms with Gasteiger partial charge in [-0.3, -0.25) is 14.4 Å². The number of nitrogens with two attached hydrogens (primary N) is 1. The Bertz CT molecular complexity index is 799. The molecule has 4 atom stereocenters. The van der Waals surface area contributed by atoms with Gasteiger partial charge in [0.05, 0.1) is 0 Å². The van der Waals surface area contributed by atoms with Crippen LogP contribution in [-0.4, -0.2) is 34.3 Å². The molecule has 3 N–H and O–H groups in total. The van der Waals surface area contributed by atoms with E-state index in [0.717, 1.165) is 24.2 Å². The number of rotatable bonds is 18. The number of benzene rings is 1. The van der Waals surface area contributed by atoms with Crippen LogP contribution >= 0.6 is 11.8 Å². The van der Waals surface area contributed by atoms with Gasteiger partial charge in [-0.15, -0.1) is 11.8 Å². The lowest BCUT2D eigenvalue weighted by atomic mass is 9.63. The molecule has 7 heteroatoms. The zero-order valence-corrected chi connectivity index (χ0v) is 22.4. The van der Waals surface area contributed by atoms with Crippen LogP contribution in [0.15, 0.2) is 35.2 Å². The summed E-state index contributed by atoms with van der Waals surface area (Å²) in [6, 6.07) is 9.61. The highest BCUT2D eigenvalue weighted by molar-refractivity contribution is 8.00. The fourth-order valence-electron chi connectivity index (χ4n) is 5.30. The van der Waals surface area contributed by atoms with Gasteiger partial charge in [0.25, 0.3) is 0 Å². The Labute approximate surface area is 214 Å². The lowest BCUT2D eigenvalue weighted by molar-refractivity contribution is -0.173. The van der Waals surface area contributed by atoms with Gasteiger partial charge in [0, 0.05) is 4.90 Å². The van der Waals surface area contributed by atoms with E-state index in [1.165, 1.54) is 50.3 Å². The van der Waals surface area contributed by atoms with E-state index in [0.29, 0.717) is 12.8 Å². The van der Waals surface area contributed by atoms with E-state index >= 15 is 0 Å². The normalized spacial score (nSPS) is 20.1. The fraction of sp³-hybridized carbons (Fsp3) is 0.679. The van der Waals surface area contributed by atoms with Crippen molar-refractivity contribution >= 4 is 29.6 Å². The summed E-state index contributed by atoms with van der Waals surface area (Å²) in [5.74, 6) is -3.26. The molecular weight excluding hydrogens is 462 g/mol. The van der Waals surface area contributed by atoms with Crippen LogP contribution in [0, 0.1) is 17.3 Å². The Morgan fingerprint density at radius 3 is 2.09 bits per heavy atom. The van der Waals surface area contributed by atoms with Crippen molar-refractivity contribution < 1.29 is 24.2 Å². The Morgan fingerprint density at radius 2 is 1.60 bits per heavy atom. The van der Waals surface area contributed by atoms with Crippen LogP contribution in [0.25, 0.3) is 0 Å². The van der Waals surface area contributed by atoms with E-state index in [-0.39, 0.29) is 5.97 Å². The summed E-state index contributed by atoms with van der Waals surface area (Å²) in [4.78, 5) is 38.4. The van der Waals surface area contributed by atoms with Gasteiger partial charge in [0.2, 0.25) is 5.91 Å². The van der Waals surface area contributed by atoms with Crippen LogP contribution in [0.2, 0.25) is 0 Å². The van der Waals surface area contributed by atoms with E-state index in [4.69, 9.17) is 10.5 Å². The summed E-state index contributed by atoms with van der Waals surface area (Å²) in [6.07, 6.45) is 10.8. The third-order valence-electron chi connectivity index (χ3n) is 7.33. The van der Waals surface area contributed by atoms with Crippen molar-refractivity contribution in [3.8, 4) is 0 Å². The van der Waals surface area contributed by atoms with Gasteiger partial charge in [-0.05, 0) is 36.8 Å². The van der Waals surface area contributed by atoms with Gasteiger partial charge >= 0.3 is 11.9 Å². The van der Waals surface area contributed by atoms with E-state index in [1.807, 2.05) is 30.3 Å². The van der Waals surface area contributed by atoms with Crippen molar-refractivity contribution in [1.82, 2.24) is 0 Å². The van der Waals surface area contributed by atoms with Crippen LogP contribution in [-0.2, 0) is 19.1 Å². The van der Waals surface area contributed by atoms with Crippen molar-refractivity contribution in [2.24, 2.45) is 23.0 Å².